The number of nitrogens with one attached hydrogen (secondary N) is 1. The largest absolute Gasteiger partial charge is 1.00 e. The number of hydrogen-bond acceptors (Lipinski definition) is 0. The van der Waals surface area contributed by atoms with E-state index in [2.05, 4.69) is 42.8 Å². The molecule has 1 aliphatic carbocycles. The molecule has 0 spiro atoms. The number of hydrogen-bond donors (Lipinski definition) is 1. The van der Waals surface area contributed by atoms with E-state index in [4.69, 9.17) is 0 Å². The molecular weight excluding hydrogens is 308 g/mol. The minimum Gasteiger partial charge on any atom is -1.00 e. The summed E-state index contributed by atoms with van der Waals surface area (Å²) in [6.45, 7) is 6.18. The fourth-order valence-corrected chi connectivity index (χ4v) is 4.07. The molecule has 1 nitrogen and oxygen atoms in total. The first-order valence-corrected chi connectivity index (χ1v) is 6.72. The second kappa shape index (κ2) is 6.53. The summed E-state index contributed by atoms with van der Waals surface area (Å²) in [7, 11) is 0. The molecule has 4 heteroatoms. The first-order chi connectivity index (χ1) is 6.27. The number of aryl methyl sites for hydroxylation is 1. The van der Waals surface area contributed by atoms with E-state index in [0.29, 0.717) is 0 Å². The molecule has 0 saturated carbocycles. The van der Waals surface area contributed by atoms with E-state index in [0.717, 1.165) is 0 Å². The zero-order valence-corrected chi connectivity index (χ0v) is 12.3. The molecule has 1 aromatic rings. The first kappa shape index (κ1) is 15.0. The van der Waals surface area contributed by atoms with Crippen LogP contribution in [0.3, 0.4) is 0 Å². The summed E-state index contributed by atoms with van der Waals surface area (Å²) in [5, 5.41) is 0. The van der Waals surface area contributed by atoms with Crippen molar-refractivity contribution in [3.05, 3.63) is 51.5 Å². The zero-order valence-electron chi connectivity index (χ0n) is 8.35. The maximum absolute atomic E-state index is 4.02. The van der Waals surface area contributed by atoms with Crippen molar-refractivity contribution < 1.29 is 48.0 Å². The molecule has 2 rings (SSSR count). The molecule has 0 atom stereocenters. The Morgan fingerprint density at radius 3 is 2.53 bits per heavy atom. The van der Waals surface area contributed by atoms with Crippen LogP contribution in [0.25, 0.3) is 0 Å². The summed E-state index contributed by atoms with van der Waals surface area (Å²) >= 11 is -0.614. The van der Waals surface area contributed by atoms with Gasteiger partial charge in [0, 0.05) is 0 Å². The van der Waals surface area contributed by atoms with Gasteiger partial charge in [-0.15, -0.1) is 0 Å². The quantitative estimate of drug-likeness (QED) is 0.573. The van der Waals surface area contributed by atoms with E-state index in [9.17, 15) is 0 Å². The minimum absolute atomic E-state index is 0. The molecule has 78 valence electrons. The molecular formula is C11H11Cl2NZr. The van der Waals surface area contributed by atoms with Crippen molar-refractivity contribution >= 4 is 3.40 Å². The maximum Gasteiger partial charge on any atom is -1.00 e. The zero-order chi connectivity index (χ0) is 9.26. The van der Waals surface area contributed by atoms with Crippen LogP contribution in [0.15, 0.2) is 45.9 Å². The van der Waals surface area contributed by atoms with Crippen LogP contribution in [0.4, 0.5) is 0 Å². The van der Waals surface area contributed by atoms with Crippen LogP contribution in [0, 0.1) is 6.92 Å². The topological polar surface area (TPSA) is 15.8 Å². The first-order valence-electron chi connectivity index (χ1n) is 4.26. The molecule has 0 aliphatic heterocycles. The van der Waals surface area contributed by atoms with Gasteiger partial charge in [0.2, 0.25) is 0 Å². The van der Waals surface area contributed by atoms with Gasteiger partial charge in [-0.2, -0.15) is 0 Å². The molecule has 1 N–H and O–H groups in total. The SMILES string of the molecule is C=C1C=CC=[C]1[Zr+2][c]1[nH]ccc1C.[Cl-].[Cl-]. The average Bonchev–Trinajstić information content (AvgIpc) is 2.65. The van der Waals surface area contributed by atoms with Gasteiger partial charge in [-0.25, -0.2) is 0 Å². The smallest absolute Gasteiger partial charge is 1.00 e. The molecule has 0 unspecified atom stereocenters. The Morgan fingerprint density at radius 1 is 1.33 bits per heavy atom. The van der Waals surface area contributed by atoms with Crippen LogP contribution in [-0.2, 0) is 23.2 Å². The predicted octanol–water partition coefficient (Wildman–Crippen LogP) is -3.95. The molecule has 1 aliphatic rings. The van der Waals surface area contributed by atoms with Crippen LogP contribution < -0.4 is 28.2 Å². The van der Waals surface area contributed by atoms with E-state index in [-0.39, 0.29) is 24.8 Å². The van der Waals surface area contributed by atoms with Crippen molar-refractivity contribution in [1.29, 1.82) is 0 Å². The van der Waals surface area contributed by atoms with E-state index >= 15 is 0 Å². The standard InChI is InChI=1S/C6H5.C5H6N.2ClH.Zr/c1-6-4-2-3-5-6;1-5-2-3-6-4-5;;;/h2-4H,1H2;2-3,6H,1H3;2*1H;/q;;;;+2/p-2. The maximum atomic E-state index is 4.02. The Bertz CT molecular complexity index is 404. The number of allylic oxidation sites excluding steroid dienone is 5. The number of rotatable bonds is 2. The summed E-state index contributed by atoms with van der Waals surface area (Å²) in [5.41, 5.74) is 2.60. The van der Waals surface area contributed by atoms with Gasteiger partial charge >= 0.3 is 90.0 Å². The van der Waals surface area contributed by atoms with E-state index in [1.54, 1.807) is 0 Å². The molecule has 0 radical (unpaired) electrons. The fourth-order valence-electron chi connectivity index (χ4n) is 1.30. The second-order valence-corrected chi connectivity index (χ2v) is 6.29. The Morgan fingerprint density at radius 2 is 2.07 bits per heavy atom. The monoisotopic (exact) mass is 317 g/mol. The molecule has 0 aromatic carbocycles. The Labute approximate surface area is 114 Å². The molecule has 1 aromatic heterocycles. The summed E-state index contributed by atoms with van der Waals surface area (Å²) in [5.74, 6) is 0. The van der Waals surface area contributed by atoms with E-state index in [1.165, 1.54) is 17.8 Å². The molecule has 0 fully saturated rings. The normalized spacial score (nSPS) is 12.6. The van der Waals surface area contributed by atoms with Crippen LogP contribution in [0.2, 0.25) is 0 Å². The van der Waals surface area contributed by atoms with Crippen molar-refractivity contribution in [3.63, 3.8) is 0 Å². The third-order valence-corrected chi connectivity index (χ3v) is 5.92. The van der Waals surface area contributed by atoms with Gasteiger partial charge in [-0.3, -0.25) is 0 Å². The van der Waals surface area contributed by atoms with E-state index < -0.39 is 23.2 Å². The molecule has 15 heavy (non-hydrogen) atoms. The van der Waals surface area contributed by atoms with Crippen molar-refractivity contribution in [1.82, 2.24) is 4.98 Å². The third-order valence-electron chi connectivity index (χ3n) is 2.12. The number of aromatic amines is 1. The van der Waals surface area contributed by atoms with Crippen molar-refractivity contribution in [2.24, 2.45) is 0 Å². The summed E-state index contributed by atoms with van der Waals surface area (Å²) in [4.78, 5) is 3.32. The van der Waals surface area contributed by atoms with Gasteiger partial charge in [0.15, 0.2) is 0 Å². The molecule has 1 heterocycles. The van der Waals surface area contributed by atoms with Gasteiger partial charge in [0.1, 0.15) is 0 Å². The number of aromatic nitrogens is 1. The van der Waals surface area contributed by atoms with Gasteiger partial charge < -0.3 is 24.8 Å². The van der Waals surface area contributed by atoms with E-state index in [1.807, 2.05) is 6.20 Å². The molecule has 0 amide bonds. The number of halogens is 2. The van der Waals surface area contributed by atoms with Gasteiger partial charge in [-0.1, -0.05) is 0 Å². The van der Waals surface area contributed by atoms with Crippen LogP contribution in [0.1, 0.15) is 5.56 Å². The third kappa shape index (κ3) is 3.48. The minimum atomic E-state index is -0.614. The van der Waals surface area contributed by atoms with Crippen molar-refractivity contribution in [2.45, 2.75) is 6.92 Å². The fraction of sp³-hybridized carbons (Fsp3) is 0.0909. The Hall–Kier alpha value is -0.0369. The summed E-state index contributed by atoms with van der Waals surface area (Å²) in [6.07, 6.45) is 8.41. The van der Waals surface area contributed by atoms with Gasteiger partial charge in [0.25, 0.3) is 0 Å². The number of H-pyrrole nitrogens is 1. The second-order valence-electron chi connectivity index (χ2n) is 3.13. The van der Waals surface area contributed by atoms with Crippen molar-refractivity contribution in [2.75, 3.05) is 0 Å². The molecule has 0 bridgehead atoms. The van der Waals surface area contributed by atoms with Gasteiger partial charge in [-0.05, 0) is 0 Å². The van der Waals surface area contributed by atoms with Crippen molar-refractivity contribution in [3.8, 4) is 0 Å². The molecule has 0 saturated heterocycles. The Kier molecular flexibility index (Phi) is 6.51. The predicted molar refractivity (Wildman–Crippen MR) is 51.5 cm³/mol. The van der Waals surface area contributed by atoms with Crippen LogP contribution in [-0.4, -0.2) is 4.98 Å². The van der Waals surface area contributed by atoms with Crippen LogP contribution >= 0.6 is 0 Å². The van der Waals surface area contributed by atoms with Crippen LogP contribution in [0.5, 0.6) is 0 Å². The average molecular weight is 319 g/mol. The summed E-state index contributed by atoms with van der Waals surface area (Å²) < 4.78 is 2.94. The summed E-state index contributed by atoms with van der Waals surface area (Å²) in [6, 6.07) is 2.14. The Balaban J connectivity index is 0.000000980. The van der Waals surface area contributed by atoms with Gasteiger partial charge in [0.05, 0.1) is 0 Å².